The number of imidazole rings is 2. The Balaban J connectivity index is 1.22. The summed E-state index contributed by atoms with van der Waals surface area (Å²) in [5.74, 6) is 3.58. The summed E-state index contributed by atoms with van der Waals surface area (Å²) >= 11 is 0. The van der Waals surface area contributed by atoms with Crippen LogP contribution in [0.15, 0.2) is 81.6 Å². The summed E-state index contributed by atoms with van der Waals surface area (Å²) in [6.45, 7) is 8.50. The first kappa shape index (κ1) is 46.1. The van der Waals surface area contributed by atoms with E-state index >= 15 is 0 Å². The molecule has 4 rings (SSSR count). The number of carbonyl (C=O) groups excluding carboxylic acids is 2. The highest BCUT2D eigenvalue weighted by atomic mass is 33.1. The molecule has 15 nitrogen and oxygen atoms in total. The van der Waals surface area contributed by atoms with Crippen molar-refractivity contribution in [2.75, 3.05) is 88.4 Å². The lowest BCUT2D eigenvalue weighted by molar-refractivity contribution is -0.888. The monoisotopic (exact) mass is 835 g/mol. The first-order chi connectivity index (χ1) is 27.6. The van der Waals surface area contributed by atoms with E-state index in [1.165, 1.54) is 0 Å². The molecule has 0 unspecified atom stereocenters. The second-order valence-corrected chi connectivity index (χ2v) is 18.6. The predicted octanol–water partition coefficient (Wildman–Crippen LogP) is 7.12. The fourth-order valence-electron chi connectivity index (χ4n) is 6.05. The van der Waals surface area contributed by atoms with Crippen molar-refractivity contribution < 1.29 is 27.7 Å². The predicted molar refractivity (Wildman–Crippen MR) is 238 cm³/mol. The van der Waals surface area contributed by atoms with Gasteiger partial charge in [-0.05, 0) is 48.4 Å². The van der Waals surface area contributed by atoms with Gasteiger partial charge in [-0.2, -0.15) is 0 Å². The Bertz CT molecular complexity index is 1850. The van der Waals surface area contributed by atoms with E-state index in [0.717, 1.165) is 106 Å². The van der Waals surface area contributed by atoms with Crippen molar-refractivity contribution >= 4 is 73.7 Å². The van der Waals surface area contributed by atoms with Crippen LogP contribution in [-0.2, 0) is 44.2 Å². The number of nitrogens with one attached hydrogen (secondary N) is 3. The van der Waals surface area contributed by atoms with E-state index < -0.39 is 0 Å². The van der Waals surface area contributed by atoms with Gasteiger partial charge in [0.1, 0.15) is 11.4 Å². The highest BCUT2D eigenvalue weighted by Crippen LogP contribution is 2.31. The Labute approximate surface area is 352 Å². The highest BCUT2D eigenvalue weighted by Gasteiger charge is 2.19. The molecule has 0 aliphatic rings. The van der Waals surface area contributed by atoms with Crippen LogP contribution in [0.4, 0.5) is 40.3 Å². The molecule has 0 radical (unpaired) electrons. The number of quaternary nitrogens is 2. The highest BCUT2D eigenvalue weighted by molar-refractivity contribution is 8.76. The van der Waals surface area contributed by atoms with Crippen LogP contribution in [0.5, 0.6) is 0 Å². The van der Waals surface area contributed by atoms with Crippen molar-refractivity contribution in [2.24, 2.45) is 48.6 Å². The average Bonchev–Trinajstić information content (AvgIpc) is 3.68. The smallest absolute Gasteiger partial charge is 0.377 e. The molecule has 2 aromatic carbocycles. The Morgan fingerprint density at radius 1 is 0.690 bits per heavy atom. The van der Waals surface area contributed by atoms with Gasteiger partial charge in [0.2, 0.25) is 11.8 Å². The second-order valence-electron chi connectivity index (χ2n) is 15.9. The number of amides is 2. The quantitative estimate of drug-likeness (QED) is 0.0241. The summed E-state index contributed by atoms with van der Waals surface area (Å²) in [6, 6.07) is 11.6. The number of benzene rings is 2. The minimum atomic E-state index is -0.0312. The molecule has 0 saturated heterocycles. The van der Waals surface area contributed by atoms with E-state index in [9.17, 15) is 9.59 Å². The zero-order valence-electron chi connectivity index (χ0n) is 36.2. The van der Waals surface area contributed by atoms with Crippen LogP contribution in [0.2, 0.25) is 0 Å². The van der Waals surface area contributed by atoms with Crippen LogP contribution >= 0.6 is 21.6 Å². The van der Waals surface area contributed by atoms with Crippen molar-refractivity contribution in [2.45, 2.75) is 39.5 Å². The topological polar surface area (TPSA) is 137 Å². The van der Waals surface area contributed by atoms with Gasteiger partial charge in [-0.1, -0.05) is 45.7 Å². The number of rotatable bonds is 23. The van der Waals surface area contributed by atoms with Crippen molar-refractivity contribution in [1.82, 2.24) is 9.13 Å². The molecule has 0 aliphatic carbocycles. The maximum Gasteiger partial charge on any atom is 0.421 e. The first-order valence-corrected chi connectivity index (χ1v) is 22.4. The van der Waals surface area contributed by atoms with Gasteiger partial charge in [-0.3, -0.25) is 9.59 Å². The molecular weight excluding hydrogens is 771 g/mol. The number of hydrogen-bond donors (Lipinski definition) is 3. The van der Waals surface area contributed by atoms with Crippen molar-refractivity contribution in [3.05, 3.63) is 66.7 Å². The molecule has 2 aromatic heterocycles. The Hall–Kier alpha value is -4.58. The Kier molecular flexibility index (Phi) is 17.5. The van der Waals surface area contributed by atoms with E-state index in [-0.39, 0.29) is 11.8 Å². The zero-order valence-corrected chi connectivity index (χ0v) is 37.8. The lowest BCUT2D eigenvalue weighted by atomic mass is 10.1. The third-order valence-corrected chi connectivity index (χ3v) is 12.3. The van der Waals surface area contributed by atoms with Gasteiger partial charge in [-0.25, -0.2) is 18.3 Å². The summed E-state index contributed by atoms with van der Waals surface area (Å²) in [6.07, 6.45) is 10.5. The molecule has 2 amide bonds. The number of azo groups is 2. The van der Waals surface area contributed by atoms with Gasteiger partial charge < -0.3 is 24.9 Å². The van der Waals surface area contributed by atoms with Crippen LogP contribution in [0.3, 0.4) is 0 Å². The van der Waals surface area contributed by atoms with Crippen LogP contribution < -0.4 is 25.1 Å². The summed E-state index contributed by atoms with van der Waals surface area (Å²) in [5.41, 5.74) is 4.96. The van der Waals surface area contributed by atoms with E-state index in [0.29, 0.717) is 18.5 Å². The largest absolute Gasteiger partial charge is 0.421 e. The van der Waals surface area contributed by atoms with Gasteiger partial charge >= 0.3 is 11.9 Å². The van der Waals surface area contributed by atoms with Crippen molar-refractivity contribution in [3.63, 3.8) is 0 Å². The summed E-state index contributed by atoms with van der Waals surface area (Å²) in [4.78, 5) is 24.2. The number of hydrogen-bond acceptors (Lipinski definition) is 9. The molecule has 4 aromatic rings. The van der Waals surface area contributed by atoms with Gasteiger partial charge in [0.25, 0.3) is 0 Å². The van der Waals surface area contributed by atoms with E-state index in [1.807, 2.05) is 143 Å². The van der Waals surface area contributed by atoms with Gasteiger partial charge in [-0.15, -0.1) is 0 Å². The Morgan fingerprint density at radius 2 is 1.19 bits per heavy atom. The molecule has 0 aliphatic heterocycles. The third kappa shape index (κ3) is 14.7. The standard InChI is InChI=1S/C41H62N13O2S2/c1-11-38(55)43-33-15-17-35(45-47-40-49(3)20-21-50(40)4)32(30-33)14-13-24-53(7,8)26-28-57-58-29-27-54(9,10)25-19-42-37-31-34(44-39(56)12-2)16-18-36(37)46-48-41-51(5)22-23-52(41)6/h15-18,20-23,30-31H,11-14,19,24-29H2,1-10H3/q+1/p+3. The minimum absolute atomic E-state index is 0.00618. The van der Waals surface area contributed by atoms with Crippen LogP contribution in [0.25, 0.3) is 0 Å². The number of likely N-dealkylation sites (N-methyl/N-ethyl adjacent to an activating group) is 1. The molecule has 58 heavy (non-hydrogen) atoms. The van der Waals surface area contributed by atoms with Gasteiger partial charge in [0, 0.05) is 40.9 Å². The fraction of sp³-hybridized carbons (Fsp3) is 0.512. The minimum Gasteiger partial charge on any atom is -0.377 e. The first-order valence-electron chi connectivity index (χ1n) is 19.9. The lowest BCUT2D eigenvalue weighted by Gasteiger charge is -2.30. The molecule has 3 N–H and O–H groups in total. The lowest BCUT2D eigenvalue weighted by Crippen LogP contribution is -2.44. The van der Waals surface area contributed by atoms with E-state index in [4.69, 9.17) is 0 Å². The zero-order chi connectivity index (χ0) is 42.3. The van der Waals surface area contributed by atoms with E-state index in [1.54, 1.807) is 0 Å². The molecule has 0 spiro atoms. The van der Waals surface area contributed by atoms with Crippen LogP contribution in [0, 0.1) is 0 Å². The maximum atomic E-state index is 12.1. The third-order valence-electron chi connectivity index (χ3n) is 9.96. The van der Waals surface area contributed by atoms with Crippen molar-refractivity contribution in [1.29, 1.82) is 0 Å². The normalized spacial score (nSPS) is 12.2. The van der Waals surface area contributed by atoms with Crippen LogP contribution in [-0.4, -0.2) is 102 Å². The Morgan fingerprint density at radius 3 is 1.71 bits per heavy atom. The van der Waals surface area contributed by atoms with E-state index in [2.05, 4.69) is 64.6 Å². The molecule has 0 saturated carbocycles. The molecule has 0 bridgehead atoms. The fourth-order valence-corrected chi connectivity index (χ4v) is 8.57. The summed E-state index contributed by atoms with van der Waals surface area (Å²) < 4.78 is 9.51. The second kappa shape index (κ2) is 22.0. The molecular formula is C41H65N13O2S2+4. The summed E-state index contributed by atoms with van der Waals surface area (Å²) in [5, 5.41) is 27.7. The molecule has 17 heteroatoms. The number of anilines is 3. The number of nitrogens with zero attached hydrogens (tertiary/aromatic N) is 10. The maximum absolute atomic E-state index is 12.1. The van der Waals surface area contributed by atoms with Gasteiger partial charge in [0.15, 0.2) is 0 Å². The molecule has 314 valence electrons. The van der Waals surface area contributed by atoms with Crippen LogP contribution in [0.1, 0.15) is 38.7 Å². The SMILES string of the molecule is CCC(=O)Nc1ccc(N=Nc2n(C)cc[n+]2C)c(CCC[N+](C)(C)CCSSCC[N+](C)(C)CCNc2cc(NC(=O)CC)ccc2N=Nc2n(C)cc[n+]2C)c1. The number of aromatic nitrogens is 4. The van der Waals surface area contributed by atoms with Gasteiger partial charge in [0.05, 0.1) is 131 Å². The molecule has 0 atom stereocenters. The number of aryl methyl sites for hydroxylation is 5. The van der Waals surface area contributed by atoms with Crippen molar-refractivity contribution in [3.8, 4) is 0 Å². The summed E-state index contributed by atoms with van der Waals surface area (Å²) in [7, 11) is 20.8. The molecule has 2 heterocycles. The average molecular weight is 836 g/mol. The molecule has 0 fully saturated rings. The number of carbonyl (C=O) groups is 2.